The summed E-state index contributed by atoms with van der Waals surface area (Å²) >= 11 is 0. The van der Waals surface area contributed by atoms with Gasteiger partial charge in [0.1, 0.15) is 0 Å². The molecular weight excluding hydrogens is 216 g/mol. The highest BCUT2D eigenvalue weighted by molar-refractivity contribution is 5.28. The molecule has 0 aromatic carbocycles. The van der Waals surface area contributed by atoms with Gasteiger partial charge in [0, 0.05) is 0 Å². The van der Waals surface area contributed by atoms with Crippen molar-refractivity contribution in [2.75, 3.05) is 5.43 Å². The molecule has 1 aromatic heterocycles. The number of hydrogen-bond acceptors (Lipinski definition) is 5. The number of hydrogen-bond donors (Lipinski definition) is 2. The highest BCUT2D eigenvalue weighted by Gasteiger charge is 2.21. The van der Waals surface area contributed by atoms with Gasteiger partial charge in [-0.2, -0.15) is 0 Å². The van der Waals surface area contributed by atoms with Crippen molar-refractivity contribution in [2.45, 2.75) is 45.3 Å². The monoisotopic (exact) mass is 236 g/mol. The molecular formula is C12H20N4O. The molecule has 0 radical (unpaired) electrons. The minimum atomic E-state index is 0.373. The zero-order chi connectivity index (χ0) is 12.1. The molecule has 17 heavy (non-hydrogen) atoms. The van der Waals surface area contributed by atoms with E-state index in [2.05, 4.69) is 22.3 Å². The molecule has 1 aliphatic carbocycles. The van der Waals surface area contributed by atoms with E-state index in [4.69, 9.17) is 10.6 Å². The van der Waals surface area contributed by atoms with E-state index < -0.39 is 0 Å². The number of nitrogens with zero attached hydrogens (tertiary/aromatic N) is 2. The molecule has 3 N–H and O–H groups in total. The molecule has 2 atom stereocenters. The minimum Gasteiger partial charge on any atom is -0.372 e. The fourth-order valence-electron chi connectivity index (χ4n) is 2.23. The lowest BCUT2D eigenvalue weighted by atomic mass is 9.88. The predicted molar refractivity (Wildman–Crippen MR) is 66.1 cm³/mol. The van der Waals surface area contributed by atoms with E-state index in [0.717, 1.165) is 12.1 Å². The lowest BCUT2D eigenvalue weighted by molar-refractivity contribution is -0.0168. The molecule has 5 nitrogen and oxygen atoms in total. The number of hydrazine groups is 1. The Labute approximate surface area is 102 Å². The number of aromatic nitrogens is 2. The molecule has 0 spiro atoms. The number of nitrogens with one attached hydrogen (secondary N) is 1. The van der Waals surface area contributed by atoms with Gasteiger partial charge in [-0.05, 0) is 18.8 Å². The van der Waals surface area contributed by atoms with Gasteiger partial charge in [0.2, 0.25) is 0 Å². The van der Waals surface area contributed by atoms with Crippen LogP contribution in [0.2, 0.25) is 0 Å². The molecule has 0 bridgehead atoms. The standard InChI is InChI=1S/C12H20N4O/c1-9-4-2-3-5-11(9)17-8-10-6-15-12(16-13)7-14-10/h6-7,9,11H,2-5,8,13H2,1H3,(H,15,16). The zero-order valence-corrected chi connectivity index (χ0v) is 10.2. The first-order chi connectivity index (χ1) is 8.29. The largest absolute Gasteiger partial charge is 0.372 e. The van der Waals surface area contributed by atoms with Gasteiger partial charge in [-0.25, -0.2) is 10.8 Å². The topological polar surface area (TPSA) is 73.1 Å². The van der Waals surface area contributed by atoms with Crippen LogP contribution in [0.25, 0.3) is 0 Å². The first-order valence-electron chi connectivity index (χ1n) is 6.18. The fraction of sp³-hybridized carbons (Fsp3) is 0.667. The van der Waals surface area contributed by atoms with Crippen LogP contribution in [0.3, 0.4) is 0 Å². The Kier molecular flexibility index (Phi) is 4.28. The Morgan fingerprint density at radius 1 is 1.35 bits per heavy atom. The third-order valence-electron chi connectivity index (χ3n) is 3.33. The Morgan fingerprint density at radius 2 is 2.18 bits per heavy atom. The summed E-state index contributed by atoms with van der Waals surface area (Å²) in [5.41, 5.74) is 3.30. The summed E-state index contributed by atoms with van der Waals surface area (Å²) < 4.78 is 5.90. The molecule has 0 amide bonds. The van der Waals surface area contributed by atoms with Crippen molar-refractivity contribution in [1.82, 2.24) is 9.97 Å². The normalized spacial score (nSPS) is 24.6. The van der Waals surface area contributed by atoms with Gasteiger partial charge in [-0.3, -0.25) is 4.98 Å². The highest BCUT2D eigenvalue weighted by Crippen LogP contribution is 2.26. The van der Waals surface area contributed by atoms with Crippen LogP contribution in [0.1, 0.15) is 38.3 Å². The maximum atomic E-state index is 5.90. The van der Waals surface area contributed by atoms with Crippen LogP contribution < -0.4 is 11.3 Å². The molecule has 0 aliphatic heterocycles. The molecule has 1 aromatic rings. The van der Waals surface area contributed by atoms with Gasteiger partial charge in [0.25, 0.3) is 0 Å². The molecule has 0 saturated heterocycles. The summed E-state index contributed by atoms with van der Waals surface area (Å²) in [6, 6.07) is 0. The molecule has 1 heterocycles. The predicted octanol–water partition coefficient (Wildman–Crippen LogP) is 1.86. The quantitative estimate of drug-likeness (QED) is 0.616. The van der Waals surface area contributed by atoms with Crippen molar-refractivity contribution in [3.05, 3.63) is 18.1 Å². The fourth-order valence-corrected chi connectivity index (χ4v) is 2.23. The summed E-state index contributed by atoms with van der Waals surface area (Å²) in [7, 11) is 0. The second kappa shape index (κ2) is 5.93. The maximum Gasteiger partial charge on any atom is 0.158 e. The number of ether oxygens (including phenoxy) is 1. The van der Waals surface area contributed by atoms with E-state index in [0.29, 0.717) is 24.4 Å². The summed E-state index contributed by atoms with van der Waals surface area (Å²) in [6.45, 7) is 2.80. The summed E-state index contributed by atoms with van der Waals surface area (Å²) in [6.07, 6.45) is 8.72. The first-order valence-corrected chi connectivity index (χ1v) is 6.18. The van der Waals surface area contributed by atoms with Gasteiger partial charge >= 0.3 is 0 Å². The van der Waals surface area contributed by atoms with Gasteiger partial charge in [0.15, 0.2) is 5.82 Å². The zero-order valence-electron chi connectivity index (χ0n) is 10.2. The maximum absolute atomic E-state index is 5.90. The Bertz CT molecular complexity index is 341. The van der Waals surface area contributed by atoms with Crippen LogP contribution >= 0.6 is 0 Å². The van der Waals surface area contributed by atoms with Crippen molar-refractivity contribution in [1.29, 1.82) is 0 Å². The molecule has 2 rings (SSSR count). The van der Waals surface area contributed by atoms with Crippen LogP contribution in [0.15, 0.2) is 12.4 Å². The van der Waals surface area contributed by atoms with E-state index >= 15 is 0 Å². The van der Waals surface area contributed by atoms with Crippen molar-refractivity contribution in [2.24, 2.45) is 11.8 Å². The van der Waals surface area contributed by atoms with E-state index in [9.17, 15) is 0 Å². The minimum absolute atomic E-state index is 0.373. The van der Waals surface area contributed by atoms with Crippen molar-refractivity contribution < 1.29 is 4.74 Å². The van der Waals surface area contributed by atoms with Crippen LogP contribution in [-0.2, 0) is 11.3 Å². The Morgan fingerprint density at radius 3 is 2.82 bits per heavy atom. The third kappa shape index (κ3) is 3.38. The van der Waals surface area contributed by atoms with Gasteiger partial charge in [-0.1, -0.05) is 19.8 Å². The lowest BCUT2D eigenvalue weighted by Crippen LogP contribution is -2.25. The number of nitrogens with two attached hydrogens (primary N) is 1. The molecule has 2 unspecified atom stereocenters. The molecule has 1 fully saturated rings. The molecule has 94 valence electrons. The SMILES string of the molecule is CC1CCCCC1OCc1cnc(NN)cn1. The van der Waals surface area contributed by atoms with E-state index in [1.807, 2.05) is 0 Å². The molecule has 1 aliphatic rings. The Balaban J connectivity index is 1.84. The Hall–Kier alpha value is -1.20. The van der Waals surface area contributed by atoms with Crippen molar-refractivity contribution in [3.8, 4) is 0 Å². The second-order valence-corrected chi connectivity index (χ2v) is 4.65. The number of anilines is 1. The summed E-state index contributed by atoms with van der Waals surface area (Å²) in [4.78, 5) is 8.33. The van der Waals surface area contributed by atoms with Crippen molar-refractivity contribution >= 4 is 5.82 Å². The van der Waals surface area contributed by atoms with Crippen LogP contribution in [0.5, 0.6) is 0 Å². The average Bonchev–Trinajstić information content (AvgIpc) is 2.38. The first kappa shape index (κ1) is 12.3. The van der Waals surface area contributed by atoms with Crippen LogP contribution in [-0.4, -0.2) is 16.1 Å². The number of rotatable bonds is 4. The molecule has 5 heteroatoms. The van der Waals surface area contributed by atoms with E-state index in [1.54, 1.807) is 12.4 Å². The summed E-state index contributed by atoms with van der Waals surface area (Å²) in [5, 5.41) is 0. The third-order valence-corrected chi connectivity index (χ3v) is 3.33. The van der Waals surface area contributed by atoms with Crippen LogP contribution in [0, 0.1) is 5.92 Å². The lowest BCUT2D eigenvalue weighted by Gasteiger charge is -2.28. The summed E-state index contributed by atoms with van der Waals surface area (Å²) in [5.74, 6) is 6.45. The average molecular weight is 236 g/mol. The van der Waals surface area contributed by atoms with Gasteiger partial charge in [0.05, 0.1) is 30.8 Å². The number of nitrogen functional groups attached to an aromatic ring is 1. The smallest absolute Gasteiger partial charge is 0.158 e. The van der Waals surface area contributed by atoms with Crippen LogP contribution in [0.4, 0.5) is 5.82 Å². The van der Waals surface area contributed by atoms with Gasteiger partial charge < -0.3 is 10.2 Å². The van der Waals surface area contributed by atoms with Crippen molar-refractivity contribution in [3.63, 3.8) is 0 Å². The molecule has 1 saturated carbocycles. The highest BCUT2D eigenvalue weighted by atomic mass is 16.5. The van der Waals surface area contributed by atoms with E-state index in [-0.39, 0.29) is 0 Å². The second-order valence-electron chi connectivity index (χ2n) is 4.65. The van der Waals surface area contributed by atoms with E-state index in [1.165, 1.54) is 19.3 Å². The van der Waals surface area contributed by atoms with Gasteiger partial charge in [-0.15, -0.1) is 0 Å².